The molecule has 0 unspecified atom stereocenters. The van der Waals surface area contributed by atoms with Crippen LogP contribution in [0.4, 0.5) is 0 Å². The Hall–Kier alpha value is -1.36. The van der Waals surface area contributed by atoms with Crippen LogP contribution in [0.15, 0.2) is 22.7 Å². The van der Waals surface area contributed by atoms with E-state index in [1.54, 1.807) is 18.2 Å². The molecule has 0 radical (unpaired) electrons. The van der Waals surface area contributed by atoms with Gasteiger partial charge in [0.25, 0.3) is 0 Å². The molecule has 0 saturated carbocycles. The second-order valence-corrected chi connectivity index (χ2v) is 8.79. The smallest absolute Gasteiger partial charge is 0.340 e. The minimum Gasteiger partial charge on any atom is -0.462 e. The number of halogens is 1. The Balaban J connectivity index is 2.99. The van der Waals surface area contributed by atoms with Crippen molar-refractivity contribution in [2.45, 2.75) is 41.5 Å². The molecule has 0 aliphatic heterocycles. The second-order valence-electron chi connectivity index (χ2n) is 7.94. The lowest BCUT2D eigenvalue weighted by Crippen LogP contribution is -2.22. The number of esters is 2. The molecule has 128 valence electrons. The highest BCUT2D eigenvalue weighted by Crippen LogP contribution is 2.24. The van der Waals surface area contributed by atoms with Gasteiger partial charge < -0.3 is 9.47 Å². The van der Waals surface area contributed by atoms with E-state index in [1.165, 1.54) is 0 Å². The van der Waals surface area contributed by atoms with Gasteiger partial charge in [0, 0.05) is 4.47 Å². The molecule has 0 spiro atoms. The van der Waals surface area contributed by atoms with E-state index in [1.807, 2.05) is 41.5 Å². The molecule has 23 heavy (non-hydrogen) atoms. The van der Waals surface area contributed by atoms with Gasteiger partial charge in [0.05, 0.1) is 24.3 Å². The van der Waals surface area contributed by atoms with E-state index in [-0.39, 0.29) is 35.2 Å². The van der Waals surface area contributed by atoms with Gasteiger partial charge in [0.1, 0.15) is 0 Å². The van der Waals surface area contributed by atoms with E-state index in [0.717, 1.165) is 0 Å². The second kappa shape index (κ2) is 7.47. The summed E-state index contributed by atoms with van der Waals surface area (Å²) in [6, 6.07) is 4.97. The summed E-state index contributed by atoms with van der Waals surface area (Å²) in [7, 11) is 0. The van der Waals surface area contributed by atoms with E-state index >= 15 is 0 Å². The first-order chi connectivity index (χ1) is 10.4. The van der Waals surface area contributed by atoms with Crippen molar-refractivity contribution in [3.63, 3.8) is 0 Å². The number of hydrogen-bond acceptors (Lipinski definition) is 4. The van der Waals surface area contributed by atoms with E-state index in [4.69, 9.17) is 9.47 Å². The van der Waals surface area contributed by atoms with Crippen LogP contribution in [0.5, 0.6) is 0 Å². The van der Waals surface area contributed by atoms with Crippen molar-refractivity contribution in [1.82, 2.24) is 0 Å². The number of carbonyl (C=O) groups is 2. The van der Waals surface area contributed by atoms with Crippen molar-refractivity contribution in [2.24, 2.45) is 10.8 Å². The number of hydrogen-bond donors (Lipinski definition) is 0. The quantitative estimate of drug-likeness (QED) is 0.695. The lowest BCUT2D eigenvalue weighted by Gasteiger charge is -2.20. The predicted octanol–water partition coefficient (Wildman–Crippen LogP) is 4.85. The maximum absolute atomic E-state index is 12.4. The Bertz CT molecular complexity index is 580. The molecule has 1 aromatic carbocycles. The SMILES string of the molecule is CC(C)(C)COC(=O)c1cccc(Br)c1C(=O)OCC(C)(C)C. The van der Waals surface area contributed by atoms with Crippen molar-refractivity contribution in [3.05, 3.63) is 33.8 Å². The summed E-state index contributed by atoms with van der Waals surface area (Å²) in [5.41, 5.74) is 0.122. The average Bonchev–Trinajstić information content (AvgIpc) is 2.40. The standard InChI is InChI=1S/C18H25BrO4/c1-17(2,3)10-22-15(20)12-8-7-9-13(19)14(12)16(21)23-11-18(4,5)6/h7-9H,10-11H2,1-6H3. The molecule has 1 aromatic rings. The van der Waals surface area contributed by atoms with Crippen LogP contribution in [0.3, 0.4) is 0 Å². The van der Waals surface area contributed by atoms with Crippen molar-refractivity contribution in [1.29, 1.82) is 0 Å². The molecular weight excluding hydrogens is 360 g/mol. The summed E-state index contributed by atoms with van der Waals surface area (Å²) < 4.78 is 11.2. The van der Waals surface area contributed by atoms with Gasteiger partial charge in [0.2, 0.25) is 0 Å². The van der Waals surface area contributed by atoms with Gasteiger partial charge in [-0.05, 0) is 38.9 Å². The highest BCUT2D eigenvalue weighted by atomic mass is 79.9. The Morgan fingerprint density at radius 2 is 1.39 bits per heavy atom. The van der Waals surface area contributed by atoms with Crippen molar-refractivity contribution >= 4 is 27.9 Å². The van der Waals surface area contributed by atoms with Crippen molar-refractivity contribution in [2.75, 3.05) is 13.2 Å². The molecule has 1 rings (SSSR count). The lowest BCUT2D eigenvalue weighted by atomic mass is 9.98. The topological polar surface area (TPSA) is 52.6 Å². The van der Waals surface area contributed by atoms with Gasteiger partial charge in [-0.1, -0.05) is 47.6 Å². The van der Waals surface area contributed by atoms with E-state index in [9.17, 15) is 9.59 Å². The van der Waals surface area contributed by atoms with E-state index in [0.29, 0.717) is 4.47 Å². The molecule has 0 heterocycles. The van der Waals surface area contributed by atoms with Crippen LogP contribution in [0, 0.1) is 10.8 Å². The highest BCUT2D eigenvalue weighted by molar-refractivity contribution is 9.10. The van der Waals surface area contributed by atoms with Crippen LogP contribution in [-0.4, -0.2) is 25.2 Å². The zero-order chi connectivity index (χ0) is 17.8. The largest absolute Gasteiger partial charge is 0.462 e. The maximum atomic E-state index is 12.4. The zero-order valence-corrected chi connectivity index (χ0v) is 16.2. The molecule has 0 atom stereocenters. The first-order valence-electron chi connectivity index (χ1n) is 7.53. The third kappa shape index (κ3) is 6.73. The van der Waals surface area contributed by atoms with Crippen LogP contribution < -0.4 is 0 Å². The fourth-order valence-corrected chi connectivity index (χ4v) is 2.14. The van der Waals surface area contributed by atoms with E-state index < -0.39 is 11.9 Å². The van der Waals surface area contributed by atoms with Crippen LogP contribution in [0.2, 0.25) is 0 Å². The molecule has 0 aromatic heterocycles. The molecular formula is C18H25BrO4. The number of rotatable bonds is 4. The Morgan fingerprint density at radius 3 is 1.87 bits per heavy atom. The minimum absolute atomic E-state index is 0.144. The van der Waals surface area contributed by atoms with Gasteiger partial charge in [0.15, 0.2) is 0 Å². The summed E-state index contributed by atoms with van der Waals surface area (Å²) in [6.07, 6.45) is 0. The summed E-state index contributed by atoms with van der Waals surface area (Å²) in [5.74, 6) is -1.06. The summed E-state index contributed by atoms with van der Waals surface area (Å²) >= 11 is 3.32. The van der Waals surface area contributed by atoms with Crippen LogP contribution in [0.1, 0.15) is 62.3 Å². The lowest BCUT2D eigenvalue weighted by molar-refractivity contribution is 0.0322. The normalized spacial score (nSPS) is 12.0. The van der Waals surface area contributed by atoms with Gasteiger partial charge in [-0.15, -0.1) is 0 Å². The fraction of sp³-hybridized carbons (Fsp3) is 0.556. The molecule has 0 N–H and O–H groups in total. The molecule has 0 bridgehead atoms. The minimum atomic E-state index is -0.532. The summed E-state index contributed by atoms with van der Waals surface area (Å²) in [4.78, 5) is 24.7. The maximum Gasteiger partial charge on any atom is 0.340 e. The summed E-state index contributed by atoms with van der Waals surface area (Å²) in [6.45, 7) is 12.4. The van der Waals surface area contributed by atoms with Gasteiger partial charge in [-0.25, -0.2) is 9.59 Å². The average molecular weight is 385 g/mol. The molecule has 0 amide bonds. The van der Waals surface area contributed by atoms with E-state index in [2.05, 4.69) is 15.9 Å². The van der Waals surface area contributed by atoms with Gasteiger partial charge in [-0.3, -0.25) is 0 Å². The van der Waals surface area contributed by atoms with Crippen LogP contribution >= 0.6 is 15.9 Å². The van der Waals surface area contributed by atoms with Crippen molar-refractivity contribution in [3.8, 4) is 0 Å². The summed E-state index contributed by atoms with van der Waals surface area (Å²) in [5, 5.41) is 0. The Kier molecular flexibility index (Phi) is 6.40. The predicted molar refractivity (Wildman–Crippen MR) is 93.6 cm³/mol. The third-order valence-corrected chi connectivity index (χ3v) is 3.37. The van der Waals surface area contributed by atoms with Crippen molar-refractivity contribution < 1.29 is 19.1 Å². The molecule has 0 aliphatic carbocycles. The van der Waals surface area contributed by atoms with Gasteiger partial charge in [-0.2, -0.15) is 0 Å². The fourth-order valence-electron chi connectivity index (χ4n) is 1.62. The number of carbonyl (C=O) groups excluding carboxylic acids is 2. The van der Waals surface area contributed by atoms with Crippen LogP contribution in [0.25, 0.3) is 0 Å². The molecule has 0 fully saturated rings. The Morgan fingerprint density at radius 1 is 0.913 bits per heavy atom. The molecule has 0 saturated heterocycles. The first kappa shape index (κ1) is 19.7. The third-order valence-electron chi connectivity index (χ3n) is 2.71. The molecule has 4 nitrogen and oxygen atoms in total. The molecule has 5 heteroatoms. The van der Waals surface area contributed by atoms with Crippen LogP contribution in [-0.2, 0) is 9.47 Å². The highest BCUT2D eigenvalue weighted by Gasteiger charge is 2.25. The number of benzene rings is 1. The first-order valence-corrected chi connectivity index (χ1v) is 8.33. The van der Waals surface area contributed by atoms with Gasteiger partial charge >= 0.3 is 11.9 Å². The number of ether oxygens (including phenoxy) is 2. The zero-order valence-electron chi connectivity index (χ0n) is 14.7. The molecule has 0 aliphatic rings. The monoisotopic (exact) mass is 384 g/mol. The Labute approximate surface area is 146 Å².